The first kappa shape index (κ1) is 11.8. The van der Waals surface area contributed by atoms with E-state index >= 15 is 0 Å². The number of carboxylic acid groups (broad SMARTS) is 1. The molecule has 0 spiro atoms. The maximum atomic E-state index is 11.3. The summed E-state index contributed by atoms with van der Waals surface area (Å²) in [6.45, 7) is 0.762. The van der Waals surface area contributed by atoms with Crippen molar-refractivity contribution in [1.82, 2.24) is 4.57 Å². The molecule has 2 aromatic rings. The lowest BCUT2D eigenvalue weighted by Gasteiger charge is -2.12. The number of nitrogens with zero attached hydrogens (tertiary/aromatic N) is 1. The van der Waals surface area contributed by atoms with Crippen LogP contribution in [0, 0.1) is 0 Å². The normalized spacial score (nSPS) is 14.6. The van der Waals surface area contributed by atoms with Gasteiger partial charge in [0.15, 0.2) is 0 Å². The molecule has 0 saturated carbocycles. The van der Waals surface area contributed by atoms with Gasteiger partial charge in [-0.15, -0.1) is 0 Å². The first-order valence-electron chi connectivity index (χ1n) is 6.41. The van der Waals surface area contributed by atoms with Crippen LogP contribution in [0.15, 0.2) is 54.3 Å². The van der Waals surface area contributed by atoms with Crippen molar-refractivity contribution in [3.8, 4) is 0 Å². The second-order valence-corrected chi connectivity index (χ2v) is 4.78. The standard InChI is InChI=1S/C16H15NO2/c18-16(19)14-8-4-7-13-9-10-17(15(13)14)11-12-5-2-1-3-6-12/h1-2,4-5,7-10H,3,6,11H2,(H,18,19). The van der Waals surface area contributed by atoms with Crippen molar-refractivity contribution in [3.63, 3.8) is 0 Å². The number of rotatable bonds is 3. The summed E-state index contributed by atoms with van der Waals surface area (Å²) in [4.78, 5) is 11.3. The van der Waals surface area contributed by atoms with Crippen molar-refractivity contribution in [3.05, 3.63) is 59.8 Å². The van der Waals surface area contributed by atoms with Gasteiger partial charge in [0.25, 0.3) is 0 Å². The van der Waals surface area contributed by atoms with Gasteiger partial charge >= 0.3 is 5.97 Å². The van der Waals surface area contributed by atoms with E-state index in [1.807, 2.05) is 22.9 Å². The third-order valence-electron chi connectivity index (χ3n) is 3.49. The molecule has 0 fully saturated rings. The summed E-state index contributed by atoms with van der Waals surface area (Å²) in [5, 5.41) is 10.3. The molecule has 1 aromatic carbocycles. The topological polar surface area (TPSA) is 42.2 Å². The highest BCUT2D eigenvalue weighted by Crippen LogP contribution is 2.23. The highest BCUT2D eigenvalue weighted by Gasteiger charge is 2.12. The molecule has 1 N–H and O–H groups in total. The number of aromatic nitrogens is 1. The van der Waals surface area contributed by atoms with Gasteiger partial charge in [0, 0.05) is 18.1 Å². The molecule has 3 nitrogen and oxygen atoms in total. The molecule has 0 amide bonds. The summed E-state index contributed by atoms with van der Waals surface area (Å²) in [6, 6.07) is 7.38. The number of benzene rings is 1. The van der Waals surface area contributed by atoms with Gasteiger partial charge < -0.3 is 9.67 Å². The van der Waals surface area contributed by atoms with E-state index in [0.717, 1.165) is 30.3 Å². The first-order chi connectivity index (χ1) is 9.25. The van der Waals surface area contributed by atoms with Crippen LogP contribution in [0.25, 0.3) is 10.9 Å². The fourth-order valence-corrected chi connectivity index (χ4v) is 2.57. The predicted molar refractivity (Wildman–Crippen MR) is 75.4 cm³/mol. The lowest BCUT2D eigenvalue weighted by molar-refractivity contribution is 0.0698. The molecule has 1 heterocycles. The molecular weight excluding hydrogens is 238 g/mol. The molecule has 0 saturated heterocycles. The smallest absolute Gasteiger partial charge is 0.337 e. The number of para-hydroxylation sites is 1. The third-order valence-corrected chi connectivity index (χ3v) is 3.49. The largest absolute Gasteiger partial charge is 0.478 e. The van der Waals surface area contributed by atoms with Crippen LogP contribution < -0.4 is 0 Å². The number of hydrogen-bond donors (Lipinski definition) is 1. The Kier molecular flexibility index (Phi) is 2.95. The van der Waals surface area contributed by atoms with Crippen LogP contribution in [0.1, 0.15) is 23.2 Å². The van der Waals surface area contributed by atoms with Crippen molar-refractivity contribution in [2.75, 3.05) is 0 Å². The summed E-state index contributed by atoms with van der Waals surface area (Å²) < 4.78 is 2.03. The molecule has 19 heavy (non-hydrogen) atoms. The maximum absolute atomic E-state index is 11.3. The fraction of sp³-hybridized carbons (Fsp3) is 0.188. The zero-order valence-electron chi connectivity index (χ0n) is 10.5. The Morgan fingerprint density at radius 2 is 2.21 bits per heavy atom. The Bertz CT molecular complexity index is 692. The quantitative estimate of drug-likeness (QED) is 0.907. The molecule has 0 bridgehead atoms. The SMILES string of the molecule is O=C(O)c1cccc2ccn(CC3=CC=CCC3)c12. The number of hydrogen-bond acceptors (Lipinski definition) is 1. The summed E-state index contributed by atoms with van der Waals surface area (Å²) in [5.74, 6) is -0.872. The van der Waals surface area contributed by atoms with Gasteiger partial charge in [-0.25, -0.2) is 4.79 Å². The zero-order valence-corrected chi connectivity index (χ0v) is 10.5. The van der Waals surface area contributed by atoms with Gasteiger partial charge in [0.1, 0.15) is 0 Å². The third kappa shape index (κ3) is 2.19. The molecule has 0 radical (unpaired) electrons. The second kappa shape index (κ2) is 4.76. The van der Waals surface area contributed by atoms with Crippen LogP contribution >= 0.6 is 0 Å². The van der Waals surface area contributed by atoms with Crippen LogP contribution in [0.4, 0.5) is 0 Å². The number of aromatic carboxylic acids is 1. The monoisotopic (exact) mass is 253 g/mol. The van der Waals surface area contributed by atoms with Gasteiger partial charge in [-0.3, -0.25) is 0 Å². The summed E-state index contributed by atoms with van der Waals surface area (Å²) in [6.07, 6.45) is 10.4. The van der Waals surface area contributed by atoms with E-state index in [1.165, 1.54) is 5.57 Å². The van der Waals surface area contributed by atoms with Crippen molar-refractivity contribution in [2.24, 2.45) is 0 Å². The lowest BCUT2D eigenvalue weighted by atomic mass is 10.1. The fourth-order valence-electron chi connectivity index (χ4n) is 2.57. The average molecular weight is 253 g/mol. The van der Waals surface area contributed by atoms with Gasteiger partial charge in [-0.2, -0.15) is 0 Å². The van der Waals surface area contributed by atoms with Gasteiger partial charge in [-0.1, -0.05) is 35.9 Å². The molecule has 96 valence electrons. The van der Waals surface area contributed by atoms with Gasteiger partial charge in [-0.05, 0) is 25.0 Å². The zero-order chi connectivity index (χ0) is 13.2. The molecule has 3 rings (SSSR count). The minimum absolute atomic E-state index is 0.370. The Hall–Kier alpha value is -2.29. The molecule has 1 aliphatic carbocycles. The molecule has 1 aromatic heterocycles. The molecule has 3 heteroatoms. The first-order valence-corrected chi connectivity index (χ1v) is 6.41. The van der Waals surface area contributed by atoms with Crippen LogP contribution in [-0.2, 0) is 6.54 Å². The predicted octanol–water partition coefficient (Wildman–Crippen LogP) is 3.62. The number of carboxylic acids is 1. The van der Waals surface area contributed by atoms with E-state index in [9.17, 15) is 9.90 Å². The summed E-state index contributed by atoms with van der Waals surface area (Å²) in [5.41, 5.74) is 2.51. The van der Waals surface area contributed by atoms with Crippen LogP contribution in [-0.4, -0.2) is 15.6 Å². The van der Waals surface area contributed by atoms with Crippen LogP contribution in [0.3, 0.4) is 0 Å². The molecular formula is C16H15NO2. The average Bonchev–Trinajstić information content (AvgIpc) is 2.83. The Morgan fingerprint density at radius 3 is 2.95 bits per heavy atom. The van der Waals surface area contributed by atoms with Crippen LogP contribution in [0.2, 0.25) is 0 Å². The molecule has 0 unspecified atom stereocenters. The van der Waals surface area contributed by atoms with E-state index < -0.39 is 5.97 Å². The highest BCUT2D eigenvalue weighted by atomic mass is 16.4. The second-order valence-electron chi connectivity index (χ2n) is 4.78. The Morgan fingerprint density at radius 1 is 1.32 bits per heavy atom. The van der Waals surface area contributed by atoms with Crippen molar-refractivity contribution < 1.29 is 9.90 Å². The minimum atomic E-state index is -0.872. The Labute approximate surface area is 111 Å². The molecule has 0 aliphatic heterocycles. The van der Waals surface area contributed by atoms with Crippen molar-refractivity contribution in [2.45, 2.75) is 19.4 Å². The molecule has 0 atom stereocenters. The minimum Gasteiger partial charge on any atom is -0.478 e. The summed E-state index contributed by atoms with van der Waals surface area (Å²) >= 11 is 0. The van der Waals surface area contributed by atoms with E-state index in [2.05, 4.69) is 18.2 Å². The van der Waals surface area contributed by atoms with Crippen molar-refractivity contribution >= 4 is 16.9 Å². The lowest BCUT2D eigenvalue weighted by Crippen LogP contribution is -2.05. The maximum Gasteiger partial charge on any atom is 0.337 e. The van der Waals surface area contributed by atoms with Gasteiger partial charge in [0.2, 0.25) is 0 Å². The van der Waals surface area contributed by atoms with E-state index in [0.29, 0.717) is 5.56 Å². The molecule has 1 aliphatic rings. The van der Waals surface area contributed by atoms with E-state index in [1.54, 1.807) is 12.1 Å². The van der Waals surface area contributed by atoms with E-state index in [-0.39, 0.29) is 0 Å². The van der Waals surface area contributed by atoms with Gasteiger partial charge in [0.05, 0.1) is 11.1 Å². The van der Waals surface area contributed by atoms with Crippen molar-refractivity contribution in [1.29, 1.82) is 0 Å². The Balaban J connectivity index is 2.06. The number of allylic oxidation sites excluding steroid dienone is 4. The number of carbonyl (C=O) groups is 1. The highest BCUT2D eigenvalue weighted by molar-refractivity contribution is 6.02. The van der Waals surface area contributed by atoms with E-state index in [4.69, 9.17) is 0 Å². The van der Waals surface area contributed by atoms with Crippen LogP contribution in [0.5, 0.6) is 0 Å². The number of fused-ring (bicyclic) bond motifs is 1. The summed E-state index contributed by atoms with van der Waals surface area (Å²) in [7, 11) is 0.